The SMILES string of the molecule is CC.CCCCSC(SC)=C1c2ccccc2Pc2ccccc21. The van der Waals surface area contributed by atoms with Crippen molar-refractivity contribution in [2.75, 3.05) is 12.0 Å². The van der Waals surface area contributed by atoms with Crippen molar-refractivity contribution in [2.24, 2.45) is 0 Å². The Morgan fingerprint density at radius 3 is 1.96 bits per heavy atom. The number of benzene rings is 2. The van der Waals surface area contributed by atoms with Crippen LogP contribution in [0.1, 0.15) is 44.7 Å². The van der Waals surface area contributed by atoms with E-state index in [1.54, 1.807) is 0 Å². The van der Waals surface area contributed by atoms with Gasteiger partial charge in [0, 0.05) is 9.81 Å². The molecule has 0 amide bonds. The molecule has 0 N–H and O–H groups in total. The Hall–Kier alpha value is -0.690. The molecule has 2 aromatic rings. The normalized spacial score (nSPS) is 12.9. The second kappa shape index (κ2) is 10.3. The van der Waals surface area contributed by atoms with Gasteiger partial charge >= 0.3 is 0 Å². The van der Waals surface area contributed by atoms with Crippen molar-refractivity contribution in [3.8, 4) is 0 Å². The van der Waals surface area contributed by atoms with Gasteiger partial charge in [0.2, 0.25) is 0 Å². The second-order valence-corrected chi connectivity index (χ2v) is 8.79. The van der Waals surface area contributed by atoms with Gasteiger partial charge in [-0.25, -0.2) is 0 Å². The third-order valence-electron chi connectivity index (χ3n) is 3.78. The molecule has 0 fully saturated rings. The predicted molar refractivity (Wildman–Crippen MR) is 119 cm³/mol. The lowest BCUT2D eigenvalue weighted by atomic mass is 9.99. The Morgan fingerprint density at radius 1 is 0.917 bits per heavy atom. The molecule has 1 heterocycles. The first-order chi connectivity index (χ1) is 11.8. The van der Waals surface area contributed by atoms with Gasteiger partial charge in [0.25, 0.3) is 0 Å². The van der Waals surface area contributed by atoms with Crippen LogP contribution in [0, 0.1) is 0 Å². The number of unbranched alkanes of at least 4 members (excludes halogenated alkanes) is 1. The van der Waals surface area contributed by atoms with Crippen LogP contribution < -0.4 is 10.6 Å². The van der Waals surface area contributed by atoms with Crippen molar-refractivity contribution < 1.29 is 0 Å². The number of hydrogen-bond donors (Lipinski definition) is 0. The Bertz CT molecular complexity index is 644. The lowest BCUT2D eigenvalue weighted by molar-refractivity contribution is 0.897. The van der Waals surface area contributed by atoms with Crippen LogP contribution in [0.25, 0.3) is 5.57 Å². The third kappa shape index (κ3) is 4.48. The standard InChI is InChI=1S/C19H21PS2.C2H6/c1-3-4-13-22-19(21-2)18-14-9-5-7-11-16(14)20-17-12-8-6-10-15(17)18;1-2/h5-12,20H,3-4,13H2,1-2H3;1-2H3. The highest BCUT2D eigenvalue weighted by Crippen LogP contribution is 2.42. The molecular formula is C21H27PS2. The maximum atomic E-state index is 2.30. The van der Waals surface area contributed by atoms with Crippen LogP contribution in [0.3, 0.4) is 0 Å². The summed E-state index contributed by atoms with van der Waals surface area (Å²) in [5, 5.41) is 2.97. The van der Waals surface area contributed by atoms with E-state index in [4.69, 9.17) is 0 Å². The number of thioether (sulfide) groups is 2. The smallest absolute Gasteiger partial charge is 0.0483 e. The minimum atomic E-state index is 0.774. The van der Waals surface area contributed by atoms with Crippen molar-refractivity contribution in [3.63, 3.8) is 0 Å². The van der Waals surface area contributed by atoms with Gasteiger partial charge in [-0.15, -0.1) is 23.5 Å². The van der Waals surface area contributed by atoms with Gasteiger partial charge in [-0.2, -0.15) is 0 Å². The molecular weight excluding hydrogens is 347 g/mol. The molecule has 24 heavy (non-hydrogen) atoms. The van der Waals surface area contributed by atoms with E-state index in [1.165, 1.54) is 50.1 Å². The van der Waals surface area contributed by atoms with E-state index in [-0.39, 0.29) is 0 Å². The first-order valence-corrected chi connectivity index (χ1v) is 11.9. The Labute approximate surface area is 157 Å². The summed E-state index contributed by atoms with van der Waals surface area (Å²) < 4.78 is 1.47. The highest BCUT2D eigenvalue weighted by molar-refractivity contribution is 8.22. The van der Waals surface area contributed by atoms with Gasteiger partial charge in [-0.3, -0.25) is 0 Å². The van der Waals surface area contributed by atoms with Gasteiger partial charge in [0.15, 0.2) is 0 Å². The Kier molecular flexibility index (Phi) is 8.45. The average Bonchev–Trinajstić information content (AvgIpc) is 2.65. The molecule has 128 valence electrons. The lowest BCUT2D eigenvalue weighted by Crippen LogP contribution is -2.19. The maximum absolute atomic E-state index is 2.30. The molecule has 1 aliphatic heterocycles. The van der Waals surface area contributed by atoms with Gasteiger partial charge in [-0.05, 0) is 40.2 Å². The van der Waals surface area contributed by atoms with Crippen molar-refractivity contribution >= 4 is 48.3 Å². The topological polar surface area (TPSA) is 0 Å². The fourth-order valence-corrected chi connectivity index (χ4v) is 6.14. The highest BCUT2D eigenvalue weighted by atomic mass is 32.2. The molecule has 1 aliphatic rings. The predicted octanol–water partition coefficient (Wildman–Crippen LogP) is 6.27. The van der Waals surface area contributed by atoms with Crippen LogP contribution in [-0.4, -0.2) is 12.0 Å². The number of hydrogen-bond acceptors (Lipinski definition) is 2. The van der Waals surface area contributed by atoms with E-state index in [2.05, 4.69) is 61.7 Å². The first kappa shape index (κ1) is 19.6. The molecule has 0 aromatic heterocycles. The zero-order valence-corrected chi connectivity index (χ0v) is 17.7. The zero-order chi connectivity index (χ0) is 17.4. The molecule has 0 bridgehead atoms. The van der Waals surface area contributed by atoms with Crippen LogP contribution in [-0.2, 0) is 0 Å². The Morgan fingerprint density at radius 2 is 1.46 bits per heavy atom. The average molecular weight is 375 g/mol. The fraction of sp³-hybridized carbons (Fsp3) is 0.333. The summed E-state index contributed by atoms with van der Waals surface area (Å²) in [6.07, 6.45) is 4.76. The second-order valence-electron chi connectivity index (χ2n) is 5.28. The van der Waals surface area contributed by atoms with E-state index in [1.807, 2.05) is 37.4 Å². The molecule has 0 saturated heterocycles. The summed E-state index contributed by atoms with van der Waals surface area (Å²) in [6.45, 7) is 6.26. The van der Waals surface area contributed by atoms with E-state index in [0.29, 0.717) is 0 Å². The summed E-state index contributed by atoms with van der Waals surface area (Å²) in [4.78, 5) is 0. The largest absolute Gasteiger partial charge is 0.122 e. The first-order valence-electron chi connectivity index (χ1n) is 8.72. The van der Waals surface area contributed by atoms with Gasteiger partial charge in [-0.1, -0.05) is 84.3 Å². The Balaban J connectivity index is 0.00000100. The van der Waals surface area contributed by atoms with E-state index in [0.717, 1.165) is 8.58 Å². The minimum Gasteiger partial charge on any atom is -0.122 e. The summed E-state index contributed by atoms with van der Waals surface area (Å²) in [6, 6.07) is 17.9. The quantitative estimate of drug-likeness (QED) is 0.381. The van der Waals surface area contributed by atoms with Gasteiger partial charge in [0.1, 0.15) is 0 Å². The summed E-state index contributed by atoms with van der Waals surface area (Å²) in [5.74, 6) is 1.21. The molecule has 0 radical (unpaired) electrons. The van der Waals surface area contributed by atoms with Crippen LogP contribution in [0.2, 0.25) is 0 Å². The van der Waals surface area contributed by atoms with Crippen molar-refractivity contribution in [2.45, 2.75) is 33.6 Å². The van der Waals surface area contributed by atoms with E-state index < -0.39 is 0 Å². The van der Waals surface area contributed by atoms with Crippen molar-refractivity contribution in [1.29, 1.82) is 0 Å². The molecule has 0 atom stereocenters. The summed E-state index contributed by atoms with van der Waals surface area (Å²) in [7, 11) is 0.774. The monoisotopic (exact) mass is 374 g/mol. The third-order valence-corrected chi connectivity index (χ3v) is 7.58. The van der Waals surface area contributed by atoms with Gasteiger partial charge in [0.05, 0.1) is 0 Å². The van der Waals surface area contributed by atoms with E-state index in [9.17, 15) is 0 Å². The van der Waals surface area contributed by atoms with Crippen LogP contribution in [0.4, 0.5) is 0 Å². The van der Waals surface area contributed by atoms with Crippen LogP contribution in [0.15, 0.2) is 52.8 Å². The molecule has 0 spiro atoms. The fourth-order valence-electron chi connectivity index (χ4n) is 2.67. The molecule has 0 saturated carbocycles. The van der Waals surface area contributed by atoms with E-state index >= 15 is 0 Å². The van der Waals surface area contributed by atoms with Crippen LogP contribution in [0.5, 0.6) is 0 Å². The summed E-state index contributed by atoms with van der Waals surface area (Å²) >= 11 is 3.93. The maximum Gasteiger partial charge on any atom is 0.0483 e. The zero-order valence-electron chi connectivity index (χ0n) is 15.1. The number of rotatable bonds is 5. The molecule has 3 rings (SSSR count). The molecule has 3 heteroatoms. The van der Waals surface area contributed by atoms with Crippen LogP contribution >= 0.6 is 32.1 Å². The molecule has 0 aliphatic carbocycles. The molecule has 0 unspecified atom stereocenters. The summed E-state index contributed by atoms with van der Waals surface area (Å²) in [5.41, 5.74) is 4.33. The molecule has 2 aromatic carbocycles. The highest BCUT2D eigenvalue weighted by Gasteiger charge is 2.22. The van der Waals surface area contributed by atoms with Crippen molar-refractivity contribution in [3.05, 3.63) is 63.9 Å². The van der Waals surface area contributed by atoms with Crippen molar-refractivity contribution in [1.82, 2.24) is 0 Å². The minimum absolute atomic E-state index is 0.774. The lowest BCUT2D eigenvalue weighted by Gasteiger charge is -2.24. The number of fused-ring (bicyclic) bond motifs is 2. The molecule has 0 nitrogen and oxygen atoms in total. The van der Waals surface area contributed by atoms with Gasteiger partial charge < -0.3 is 0 Å².